The summed E-state index contributed by atoms with van der Waals surface area (Å²) in [7, 11) is 1.53. The number of aliphatic hydroxyl groups is 1. The molecule has 0 aliphatic carbocycles. The van der Waals surface area contributed by atoms with Gasteiger partial charge in [-0.1, -0.05) is 54.1 Å². The van der Waals surface area contributed by atoms with Crippen molar-refractivity contribution in [3.8, 4) is 11.5 Å². The van der Waals surface area contributed by atoms with Crippen molar-refractivity contribution in [1.82, 2.24) is 0 Å². The highest BCUT2D eigenvalue weighted by atomic mass is 35.5. The Hall–Kier alpha value is -3.77. The summed E-state index contributed by atoms with van der Waals surface area (Å²) in [6, 6.07) is 19.6. The van der Waals surface area contributed by atoms with E-state index in [2.05, 4.69) is 0 Å². The number of hydrogen-bond acceptors (Lipinski definition) is 5. The van der Waals surface area contributed by atoms with E-state index in [-0.39, 0.29) is 11.3 Å². The molecule has 1 fully saturated rings. The van der Waals surface area contributed by atoms with Gasteiger partial charge in [0.25, 0.3) is 11.7 Å². The van der Waals surface area contributed by atoms with Gasteiger partial charge in [0, 0.05) is 16.3 Å². The highest BCUT2D eigenvalue weighted by molar-refractivity contribution is 6.51. The molecule has 1 aliphatic heterocycles. The lowest BCUT2D eigenvalue weighted by atomic mass is 9.94. The zero-order valence-electron chi connectivity index (χ0n) is 18.1. The predicted molar refractivity (Wildman–Crippen MR) is 127 cm³/mol. The number of amides is 1. The molecule has 168 valence electrons. The van der Waals surface area contributed by atoms with Crippen LogP contribution in [0.4, 0.5) is 5.69 Å². The molecule has 1 unspecified atom stereocenters. The van der Waals surface area contributed by atoms with E-state index in [9.17, 15) is 14.7 Å². The number of benzene rings is 3. The predicted octanol–water partition coefficient (Wildman–Crippen LogP) is 5.37. The quantitative estimate of drug-likeness (QED) is 0.302. The lowest BCUT2D eigenvalue weighted by molar-refractivity contribution is -0.132. The van der Waals surface area contributed by atoms with Gasteiger partial charge in [0.1, 0.15) is 5.76 Å². The van der Waals surface area contributed by atoms with Crippen LogP contribution in [-0.4, -0.2) is 30.5 Å². The number of Topliss-reactive ketones (excluding diaryl/α,β-unsaturated/α-hetero) is 1. The molecule has 0 saturated carbocycles. The van der Waals surface area contributed by atoms with Gasteiger partial charge in [-0.3, -0.25) is 14.5 Å². The van der Waals surface area contributed by atoms with Gasteiger partial charge in [-0.2, -0.15) is 0 Å². The minimum atomic E-state index is -0.895. The van der Waals surface area contributed by atoms with Crippen LogP contribution in [0.2, 0.25) is 5.02 Å². The molecule has 0 bridgehead atoms. The van der Waals surface area contributed by atoms with Crippen molar-refractivity contribution >= 4 is 34.7 Å². The number of aliphatic hydroxyl groups excluding tert-OH is 1. The molecule has 0 radical (unpaired) electrons. The first-order valence-electron chi connectivity index (χ1n) is 10.4. The fourth-order valence-corrected chi connectivity index (χ4v) is 4.11. The molecule has 3 aromatic rings. The average Bonchev–Trinajstić information content (AvgIpc) is 3.10. The third-order valence-corrected chi connectivity index (χ3v) is 5.62. The van der Waals surface area contributed by atoms with E-state index in [0.717, 1.165) is 0 Å². The van der Waals surface area contributed by atoms with Gasteiger partial charge in [-0.25, -0.2) is 0 Å². The van der Waals surface area contributed by atoms with Crippen molar-refractivity contribution in [3.63, 3.8) is 0 Å². The molecule has 1 heterocycles. The maximum Gasteiger partial charge on any atom is 0.300 e. The van der Waals surface area contributed by atoms with Gasteiger partial charge in [0.2, 0.25) is 0 Å². The first-order valence-corrected chi connectivity index (χ1v) is 10.8. The molecule has 1 N–H and O–H groups in total. The van der Waals surface area contributed by atoms with Crippen molar-refractivity contribution in [3.05, 3.63) is 94.5 Å². The van der Waals surface area contributed by atoms with Gasteiger partial charge in [-0.15, -0.1) is 0 Å². The third-order valence-electron chi connectivity index (χ3n) is 5.38. The van der Waals surface area contributed by atoms with E-state index in [4.69, 9.17) is 21.1 Å². The minimum Gasteiger partial charge on any atom is -0.507 e. The van der Waals surface area contributed by atoms with Gasteiger partial charge in [0.05, 0.1) is 25.3 Å². The van der Waals surface area contributed by atoms with Crippen LogP contribution in [0.15, 0.2) is 78.4 Å². The summed E-state index contributed by atoms with van der Waals surface area (Å²) in [5.74, 6) is -0.807. The molecule has 7 heteroatoms. The normalized spacial score (nSPS) is 17.3. The highest BCUT2D eigenvalue weighted by Crippen LogP contribution is 2.44. The summed E-state index contributed by atoms with van der Waals surface area (Å²) in [5, 5.41) is 11.5. The van der Waals surface area contributed by atoms with Crippen LogP contribution in [0, 0.1) is 0 Å². The lowest BCUT2D eigenvalue weighted by Gasteiger charge is -2.26. The molecule has 4 rings (SSSR count). The van der Waals surface area contributed by atoms with Crippen molar-refractivity contribution in [2.75, 3.05) is 18.6 Å². The second-order valence-electron chi connectivity index (χ2n) is 7.36. The number of ketones is 1. The molecule has 1 amide bonds. The summed E-state index contributed by atoms with van der Waals surface area (Å²) >= 11 is 6.18. The summed E-state index contributed by atoms with van der Waals surface area (Å²) in [6.07, 6.45) is 0. The Morgan fingerprint density at radius 2 is 1.76 bits per heavy atom. The number of carbonyl (C=O) groups is 2. The number of hydrogen-bond donors (Lipinski definition) is 1. The maximum absolute atomic E-state index is 13.2. The van der Waals surface area contributed by atoms with Crippen LogP contribution in [0.3, 0.4) is 0 Å². The van der Waals surface area contributed by atoms with E-state index in [1.165, 1.54) is 12.0 Å². The summed E-state index contributed by atoms with van der Waals surface area (Å²) in [4.78, 5) is 27.8. The molecule has 1 atom stereocenters. The molecule has 33 heavy (non-hydrogen) atoms. The Balaban J connectivity index is 1.96. The molecular weight excluding hydrogens is 442 g/mol. The van der Waals surface area contributed by atoms with Crippen molar-refractivity contribution in [1.29, 1.82) is 0 Å². The molecule has 1 saturated heterocycles. The standard InChI is InChI=1S/C26H22ClNO5/c1-3-33-21-14-17(12-13-20(21)32-2)23-22(24(29)16-8-5-4-6-9-16)25(30)26(31)28(23)19-11-7-10-18(27)15-19/h4-15,23,29H,3H2,1-2H3/b24-22-. The molecule has 1 aliphatic rings. The van der Waals surface area contributed by atoms with Crippen LogP contribution >= 0.6 is 11.6 Å². The van der Waals surface area contributed by atoms with Crippen LogP contribution in [0.5, 0.6) is 11.5 Å². The Morgan fingerprint density at radius 3 is 2.42 bits per heavy atom. The second-order valence-corrected chi connectivity index (χ2v) is 7.79. The number of carbonyl (C=O) groups excluding carboxylic acids is 2. The van der Waals surface area contributed by atoms with E-state index in [1.54, 1.807) is 72.8 Å². The summed E-state index contributed by atoms with van der Waals surface area (Å²) in [5.41, 5.74) is 1.44. The number of rotatable bonds is 6. The Morgan fingerprint density at radius 1 is 1.00 bits per heavy atom. The summed E-state index contributed by atoms with van der Waals surface area (Å²) < 4.78 is 11.1. The smallest absolute Gasteiger partial charge is 0.300 e. The van der Waals surface area contributed by atoms with Gasteiger partial charge in [0.15, 0.2) is 11.5 Å². The summed E-state index contributed by atoms with van der Waals surface area (Å²) in [6.45, 7) is 2.25. The minimum absolute atomic E-state index is 0.0150. The van der Waals surface area contributed by atoms with Crippen LogP contribution in [0.1, 0.15) is 24.1 Å². The maximum atomic E-state index is 13.2. The van der Waals surface area contributed by atoms with Crippen molar-refractivity contribution in [2.45, 2.75) is 13.0 Å². The first-order chi connectivity index (χ1) is 16.0. The third kappa shape index (κ3) is 4.17. The highest BCUT2D eigenvalue weighted by Gasteiger charge is 2.47. The number of ether oxygens (including phenoxy) is 2. The second kappa shape index (κ2) is 9.38. The van der Waals surface area contributed by atoms with Gasteiger partial charge < -0.3 is 14.6 Å². The number of halogens is 1. The molecule has 0 spiro atoms. The van der Waals surface area contributed by atoms with Crippen LogP contribution in [0.25, 0.3) is 5.76 Å². The topological polar surface area (TPSA) is 76.1 Å². The largest absolute Gasteiger partial charge is 0.507 e. The molecular formula is C26H22ClNO5. The van der Waals surface area contributed by atoms with Gasteiger partial charge >= 0.3 is 0 Å². The van der Waals surface area contributed by atoms with E-state index in [0.29, 0.717) is 39.9 Å². The van der Waals surface area contributed by atoms with E-state index < -0.39 is 17.7 Å². The lowest BCUT2D eigenvalue weighted by Crippen LogP contribution is -2.29. The van der Waals surface area contributed by atoms with Crippen molar-refractivity contribution in [2.24, 2.45) is 0 Å². The Kier molecular flexibility index (Phi) is 6.38. The fourth-order valence-electron chi connectivity index (χ4n) is 3.92. The van der Waals surface area contributed by atoms with Crippen LogP contribution in [-0.2, 0) is 9.59 Å². The van der Waals surface area contributed by atoms with E-state index in [1.807, 2.05) is 6.92 Å². The fraction of sp³-hybridized carbons (Fsp3) is 0.154. The van der Waals surface area contributed by atoms with Crippen LogP contribution < -0.4 is 14.4 Å². The molecule has 0 aromatic heterocycles. The van der Waals surface area contributed by atoms with E-state index >= 15 is 0 Å². The van der Waals surface area contributed by atoms with Gasteiger partial charge in [-0.05, 0) is 42.8 Å². The van der Waals surface area contributed by atoms with Crippen molar-refractivity contribution < 1.29 is 24.2 Å². The SMILES string of the molecule is CCOc1cc(C2/C(=C(/O)c3ccccc3)C(=O)C(=O)N2c2cccc(Cl)c2)ccc1OC. The molecule has 6 nitrogen and oxygen atoms in total. The number of methoxy groups -OCH3 is 1. The number of anilines is 1. The molecule has 3 aromatic carbocycles. The zero-order valence-corrected chi connectivity index (χ0v) is 18.9. The zero-order chi connectivity index (χ0) is 23.5. The first kappa shape index (κ1) is 22.4. The number of nitrogens with zero attached hydrogens (tertiary/aromatic N) is 1. The Labute approximate surface area is 196 Å². The Bertz CT molecular complexity index is 1240. The average molecular weight is 464 g/mol. The monoisotopic (exact) mass is 463 g/mol.